The lowest BCUT2D eigenvalue weighted by Gasteiger charge is -2.43. The van der Waals surface area contributed by atoms with Gasteiger partial charge in [-0.05, 0) is 34.4 Å². The molecule has 1 aliphatic heterocycles. The van der Waals surface area contributed by atoms with Gasteiger partial charge in [-0.15, -0.1) is 11.3 Å². The molecule has 100 valence electrons. The molecule has 0 bridgehead atoms. The lowest BCUT2D eigenvalue weighted by atomic mass is 9.71. The van der Waals surface area contributed by atoms with Gasteiger partial charge in [0.25, 0.3) is 0 Å². The average molecular weight is 279 g/mol. The molecule has 2 heteroatoms. The topological polar surface area (TPSA) is 12.0 Å². The zero-order chi connectivity index (χ0) is 13.4. The molecule has 3 aromatic rings. The van der Waals surface area contributed by atoms with E-state index >= 15 is 0 Å². The highest BCUT2D eigenvalue weighted by molar-refractivity contribution is 7.17. The van der Waals surface area contributed by atoms with Crippen molar-refractivity contribution in [1.82, 2.24) is 5.32 Å². The number of nitrogens with one attached hydrogen (secondary N) is 1. The zero-order valence-electron chi connectivity index (χ0n) is 11.3. The highest BCUT2D eigenvalue weighted by Gasteiger charge is 2.38. The van der Waals surface area contributed by atoms with Gasteiger partial charge in [0, 0.05) is 23.2 Å². The maximum atomic E-state index is 3.46. The van der Waals surface area contributed by atoms with Crippen LogP contribution in [0.25, 0.3) is 10.1 Å². The van der Waals surface area contributed by atoms with Gasteiger partial charge in [-0.1, -0.05) is 48.5 Å². The van der Waals surface area contributed by atoms with Crippen LogP contribution >= 0.6 is 11.3 Å². The normalized spacial score (nSPS) is 17.0. The second-order valence-electron chi connectivity index (χ2n) is 5.68. The lowest BCUT2D eigenvalue weighted by molar-refractivity contribution is 0.275. The summed E-state index contributed by atoms with van der Waals surface area (Å²) in [5, 5.41) is 7.24. The third kappa shape index (κ3) is 1.88. The Balaban J connectivity index is 1.74. The Morgan fingerprint density at radius 2 is 1.70 bits per heavy atom. The van der Waals surface area contributed by atoms with Crippen molar-refractivity contribution in [2.75, 3.05) is 13.1 Å². The first-order valence-corrected chi connectivity index (χ1v) is 7.97. The van der Waals surface area contributed by atoms with E-state index in [1.54, 1.807) is 0 Å². The van der Waals surface area contributed by atoms with Crippen LogP contribution in [-0.4, -0.2) is 13.1 Å². The average Bonchev–Trinajstić information content (AvgIpc) is 2.87. The first-order valence-electron chi connectivity index (χ1n) is 7.09. The molecule has 20 heavy (non-hydrogen) atoms. The molecule has 0 saturated carbocycles. The van der Waals surface area contributed by atoms with Crippen molar-refractivity contribution in [3.05, 3.63) is 71.1 Å². The number of rotatable bonds is 3. The molecule has 0 atom stereocenters. The quantitative estimate of drug-likeness (QED) is 0.764. The summed E-state index contributed by atoms with van der Waals surface area (Å²) in [6.45, 7) is 2.17. The molecule has 0 unspecified atom stereocenters. The Labute approximate surface area is 123 Å². The summed E-state index contributed by atoms with van der Waals surface area (Å²) in [6, 6.07) is 19.7. The number of hydrogen-bond acceptors (Lipinski definition) is 2. The molecule has 0 radical (unpaired) electrons. The molecule has 2 aromatic carbocycles. The van der Waals surface area contributed by atoms with Crippen LogP contribution in [0, 0.1) is 0 Å². The van der Waals surface area contributed by atoms with Gasteiger partial charge in [0.15, 0.2) is 0 Å². The summed E-state index contributed by atoms with van der Waals surface area (Å²) >= 11 is 1.86. The van der Waals surface area contributed by atoms with E-state index in [9.17, 15) is 0 Å². The molecule has 0 amide bonds. The second kappa shape index (κ2) is 4.72. The minimum absolute atomic E-state index is 0.283. The molecular formula is C18H17NS. The monoisotopic (exact) mass is 279 g/mol. The summed E-state index contributed by atoms with van der Waals surface area (Å²) in [6.07, 6.45) is 1.13. The molecule has 1 fully saturated rings. The van der Waals surface area contributed by atoms with Crippen molar-refractivity contribution in [1.29, 1.82) is 0 Å². The number of thiophene rings is 1. The summed E-state index contributed by atoms with van der Waals surface area (Å²) in [4.78, 5) is 0. The van der Waals surface area contributed by atoms with E-state index in [-0.39, 0.29) is 5.41 Å². The summed E-state index contributed by atoms with van der Waals surface area (Å²) in [5.41, 5.74) is 3.25. The Morgan fingerprint density at radius 1 is 0.950 bits per heavy atom. The number of hydrogen-bond donors (Lipinski definition) is 1. The third-order valence-corrected chi connectivity index (χ3v) is 5.42. The second-order valence-corrected chi connectivity index (χ2v) is 6.60. The molecule has 1 aromatic heterocycles. The first-order chi connectivity index (χ1) is 9.87. The van der Waals surface area contributed by atoms with Crippen molar-refractivity contribution in [3.8, 4) is 0 Å². The van der Waals surface area contributed by atoms with E-state index in [0.717, 1.165) is 19.5 Å². The van der Waals surface area contributed by atoms with Crippen molar-refractivity contribution >= 4 is 21.4 Å². The highest BCUT2D eigenvalue weighted by Crippen LogP contribution is 2.36. The Hall–Kier alpha value is -1.64. The van der Waals surface area contributed by atoms with Crippen LogP contribution in [0.4, 0.5) is 0 Å². The van der Waals surface area contributed by atoms with Crippen molar-refractivity contribution in [2.45, 2.75) is 11.8 Å². The standard InChI is InChI=1S/C18H17NS/c1-2-6-15(7-3-1)18(12-19-13-18)10-14-11-20-17-9-5-4-8-16(14)17/h1-9,11,19H,10,12-13H2. The largest absolute Gasteiger partial charge is 0.315 e. The molecule has 1 aliphatic rings. The van der Waals surface area contributed by atoms with E-state index in [1.807, 2.05) is 11.3 Å². The SMILES string of the molecule is c1ccc(C2(Cc3csc4ccccc34)CNC2)cc1. The Morgan fingerprint density at radius 3 is 2.45 bits per heavy atom. The molecule has 2 heterocycles. The lowest BCUT2D eigenvalue weighted by Crippen LogP contribution is -2.58. The molecule has 1 nitrogen and oxygen atoms in total. The maximum Gasteiger partial charge on any atom is 0.0345 e. The fraction of sp³-hybridized carbons (Fsp3) is 0.222. The molecule has 4 rings (SSSR count). The minimum Gasteiger partial charge on any atom is -0.315 e. The fourth-order valence-electron chi connectivity index (χ4n) is 3.18. The van der Waals surface area contributed by atoms with E-state index < -0.39 is 0 Å². The maximum absolute atomic E-state index is 3.46. The van der Waals surface area contributed by atoms with Gasteiger partial charge in [-0.3, -0.25) is 0 Å². The van der Waals surface area contributed by atoms with Crippen molar-refractivity contribution in [3.63, 3.8) is 0 Å². The predicted molar refractivity (Wildman–Crippen MR) is 86.5 cm³/mol. The highest BCUT2D eigenvalue weighted by atomic mass is 32.1. The fourth-order valence-corrected chi connectivity index (χ4v) is 4.15. The van der Waals surface area contributed by atoms with Gasteiger partial charge < -0.3 is 5.32 Å². The first kappa shape index (κ1) is 12.1. The van der Waals surface area contributed by atoms with Gasteiger partial charge in [0.2, 0.25) is 0 Å². The third-order valence-electron chi connectivity index (χ3n) is 4.40. The van der Waals surface area contributed by atoms with Crippen LogP contribution < -0.4 is 5.32 Å². The van der Waals surface area contributed by atoms with Gasteiger partial charge in [-0.25, -0.2) is 0 Å². The Kier molecular flexibility index (Phi) is 2.86. The van der Waals surface area contributed by atoms with Crippen LogP contribution in [0.1, 0.15) is 11.1 Å². The van der Waals surface area contributed by atoms with Crippen LogP contribution in [0.2, 0.25) is 0 Å². The number of benzene rings is 2. The predicted octanol–water partition coefficient (Wildman–Crippen LogP) is 3.99. The van der Waals surface area contributed by atoms with E-state index in [1.165, 1.54) is 21.2 Å². The number of fused-ring (bicyclic) bond motifs is 1. The van der Waals surface area contributed by atoms with Gasteiger partial charge in [0.05, 0.1) is 0 Å². The van der Waals surface area contributed by atoms with Crippen molar-refractivity contribution < 1.29 is 0 Å². The van der Waals surface area contributed by atoms with Crippen LogP contribution in [0.15, 0.2) is 60.0 Å². The molecule has 1 N–H and O–H groups in total. The zero-order valence-corrected chi connectivity index (χ0v) is 12.1. The minimum atomic E-state index is 0.283. The van der Waals surface area contributed by atoms with Gasteiger partial charge in [-0.2, -0.15) is 0 Å². The smallest absolute Gasteiger partial charge is 0.0345 e. The molecule has 1 saturated heterocycles. The summed E-state index contributed by atoms with van der Waals surface area (Å²) in [5.74, 6) is 0. The summed E-state index contributed by atoms with van der Waals surface area (Å²) in [7, 11) is 0. The molecule has 0 aliphatic carbocycles. The van der Waals surface area contributed by atoms with Gasteiger partial charge in [0.1, 0.15) is 0 Å². The van der Waals surface area contributed by atoms with Crippen molar-refractivity contribution in [2.24, 2.45) is 0 Å². The van der Waals surface area contributed by atoms with Crippen LogP contribution in [0.3, 0.4) is 0 Å². The van der Waals surface area contributed by atoms with Crippen LogP contribution in [0.5, 0.6) is 0 Å². The van der Waals surface area contributed by atoms with E-state index in [4.69, 9.17) is 0 Å². The molecular weight excluding hydrogens is 262 g/mol. The van der Waals surface area contributed by atoms with Gasteiger partial charge >= 0.3 is 0 Å². The van der Waals surface area contributed by atoms with Crippen LogP contribution in [-0.2, 0) is 11.8 Å². The van der Waals surface area contributed by atoms with E-state index in [2.05, 4.69) is 65.3 Å². The molecule has 0 spiro atoms. The van der Waals surface area contributed by atoms with E-state index in [0.29, 0.717) is 0 Å². The summed E-state index contributed by atoms with van der Waals surface area (Å²) < 4.78 is 1.40. The Bertz CT molecular complexity index is 725.